The van der Waals surface area contributed by atoms with Crippen molar-refractivity contribution in [3.8, 4) is 5.75 Å². The SMILES string of the molecule is C=CCC(C)OO[C@]1(CC)CCC[C@@H](c2cccc(OC(C)=O)c2)C1. The highest BCUT2D eigenvalue weighted by Crippen LogP contribution is 2.43. The zero-order valence-electron chi connectivity index (χ0n) is 15.6. The maximum absolute atomic E-state index is 11.2. The smallest absolute Gasteiger partial charge is 0.308 e. The molecule has 4 nitrogen and oxygen atoms in total. The fourth-order valence-electron chi connectivity index (χ4n) is 3.52. The minimum Gasteiger partial charge on any atom is -0.427 e. The molecular weight excluding hydrogens is 316 g/mol. The van der Waals surface area contributed by atoms with Gasteiger partial charge in [0.15, 0.2) is 0 Å². The quantitative estimate of drug-likeness (QED) is 0.210. The summed E-state index contributed by atoms with van der Waals surface area (Å²) in [5, 5.41) is 0. The van der Waals surface area contributed by atoms with E-state index in [4.69, 9.17) is 14.5 Å². The van der Waals surface area contributed by atoms with Gasteiger partial charge in [0, 0.05) is 6.92 Å². The second-order valence-corrected chi connectivity index (χ2v) is 7.01. The molecule has 0 amide bonds. The molecule has 1 aromatic rings. The van der Waals surface area contributed by atoms with Crippen molar-refractivity contribution in [1.82, 2.24) is 0 Å². The Kier molecular flexibility index (Phi) is 7.21. The van der Waals surface area contributed by atoms with Crippen LogP contribution in [0.4, 0.5) is 0 Å². The number of carbonyl (C=O) groups excluding carboxylic acids is 1. The normalized spacial score (nSPS) is 24.5. The van der Waals surface area contributed by atoms with Crippen LogP contribution in [0.15, 0.2) is 36.9 Å². The molecule has 138 valence electrons. The second kappa shape index (κ2) is 9.16. The lowest BCUT2D eigenvalue weighted by atomic mass is 9.74. The fraction of sp³-hybridized carbons (Fsp3) is 0.571. The van der Waals surface area contributed by atoms with Gasteiger partial charge in [-0.05, 0) is 69.1 Å². The van der Waals surface area contributed by atoms with Crippen molar-refractivity contribution < 1.29 is 19.3 Å². The molecule has 3 atom stereocenters. The summed E-state index contributed by atoms with van der Waals surface area (Å²) < 4.78 is 5.23. The van der Waals surface area contributed by atoms with Gasteiger partial charge in [0.2, 0.25) is 0 Å². The Balaban J connectivity index is 2.07. The first-order chi connectivity index (χ1) is 12.0. The van der Waals surface area contributed by atoms with Gasteiger partial charge < -0.3 is 4.74 Å². The number of hydrogen-bond acceptors (Lipinski definition) is 4. The molecule has 1 aliphatic rings. The largest absolute Gasteiger partial charge is 0.427 e. The van der Waals surface area contributed by atoms with Gasteiger partial charge in [-0.2, -0.15) is 0 Å². The van der Waals surface area contributed by atoms with Crippen molar-refractivity contribution in [3.63, 3.8) is 0 Å². The molecule has 1 saturated carbocycles. The van der Waals surface area contributed by atoms with Crippen molar-refractivity contribution in [2.75, 3.05) is 0 Å². The minimum absolute atomic E-state index is 0.00796. The van der Waals surface area contributed by atoms with Crippen LogP contribution in [0.3, 0.4) is 0 Å². The van der Waals surface area contributed by atoms with Crippen molar-refractivity contribution in [1.29, 1.82) is 0 Å². The molecule has 0 heterocycles. The summed E-state index contributed by atoms with van der Waals surface area (Å²) in [4.78, 5) is 22.8. The zero-order valence-corrected chi connectivity index (χ0v) is 15.6. The van der Waals surface area contributed by atoms with E-state index in [1.54, 1.807) is 0 Å². The lowest BCUT2D eigenvalue weighted by Gasteiger charge is -2.39. The summed E-state index contributed by atoms with van der Waals surface area (Å²) in [5.74, 6) is 0.689. The highest BCUT2D eigenvalue weighted by Gasteiger charge is 2.38. The molecule has 25 heavy (non-hydrogen) atoms. The van der Waals surface area contributed by atoms with E-state index in [0.717, 1.165) is 38.5 Å². The molecule has 1 aliphatic carbocycles. The van der Waals surface area contributed by atoms with Crippen LogP contribution in [0, 0.1) is 0 Å². The van der Waals surface area contributed by atoms with E-state index in [1.807, 2.05) is 31.2 Å². The topological polar surface area (TPSA) is 44.8 Å². The van der Waals surface area contributed by atoms with Crippen LogP contribution >= 0.6 is 0 Å². The van der Waals surface area contributed by atoms with E-state index in [0.29, 0.717) is 11.7 Å². The van der Waals surface area contributed by atoms with Gasteiger partial charge in [-0.3, -0.25) is 4.79 Å². The number of carbonyl (C=O) groups is 1. The predicted molar refractivity (Wildman–Crippen MR) is 98.4 cm³/mol. The second-order valence-electron chi connectivity index (χ2n) is 7.01. The highest BCUT2D eigenvalue weighted by atomic mass is 17.2. The van der Waals surface area contributed by atoms with Crippen LogP contribution < -0.4 is 4.74 Å². The molecule has 0 aliphatic heterocycles. The summed E-state index contributed by atoms with van der Waals surface area (Å²) in [6, 6.07) is 7.83. The lowest BCUT2D eigenvalue weighted by Crippen LogP contribution is -2.38. The Hall–Kier alpha value is -1.65. The van der Waals surface area contributed by atoms with E-state index >= 15 is 0 Å². The van der Waals surface area contributed by atoms with Gasteiger partial charge in [0.25, 0.3) is 0 Å². The van der Waals surface area contributed by atoms with E-state index in [9.17, 15) is 4.79 Å². The van der Waals surface area contributed by atoms with Crippen LogP contribution in [0.25, 0.3) is 0 Å². The van der Waals surface area contributed by atoms with Gasteiger partial charge >= 0.3 is 5.97 Å². The Labute approximate surface area is 151 Å². The molecule has 1 unspecified atom stereocenters. The van der Waals surface area contributed by atoms with Crippen molar-refractivity contribution in [3.05, 3.63) is 42.5 Å². The Bertz CT molecular complexity index is 583. The standard InChI is InChI=1S/C21H30O4/c1-5-9-16(3)24-25-21(6-2)13-8-11-19(15-21)18-10-7-12-20(14-18)23-17(4)22/h5,7,10,12,14,16,19H,1,6,8-9,11,13,15H2,2-4H3/t16?,19-,21-/m1/s1. The first-order valence-corrected chi connectivity index (χ1v) is 9.22. The first kappa shape index (κ1) is 19.7. The van der Waals surface area contributed by atoms with E-state index < -0.39 is 0 Å². The van der Waals surface area contributed by atoms with Crippen LogP contribution in [0.5, 0.6) is 5.75 Å². The summed E-state index contributed by atoms with van der Waals surface area (Å²) in [7, 11) is 0. The number of benzene rings is 1. The third kappa shape index (κ3) is 5.68. The molecule has 0 saturated heterocycles. The summed E-state index contributed by atoms with van der Waals surface area (Å²) >= 11 is 0. The van der Waals surface area contributed by atoms with E-state index in [2.05, 4.69) is 19.6 Å². The maximum atomic E-state index is 11.2. The van der Waals surface area contributed by atoms with Crippen LogP contribution in [0.1, 0.15) is 70.8 Å². The minimum atomic E-state index is -0.295. The van der Waals surface area contributed by atoms with Gasteiger partial charge in [-0.25, -0.2) is 9.78 Å². The molecule has 1 aromatic carbocycles. The predicted octanol–water partition coefficient (Wildman–Crippen LogP) is 5.33. The molecular formula is C21H30O4. The summed E-state index contributed by atoms with van der Waals surface area (Å²) in [6.45, 7) is 9.31. The lowest BCUT2D eigenvalue weighted by molar-refractivity contribution is -0.388. The van der Waals surface area contributed by atoms with Crippen LogP contribution in [-0.4, -0.2) is 17.7 Å². The Morgan fingerprint density at radius 1 is 1.48 bits per heavy atom. The van der Waals surface area contributed by atoms with Gasteiger partial charge in [-0.15, -0.1) is 6.58 Å². The first-order valence-electron chi connectivity index (χ1n) is 9.22. The Morgan fingerprint density at radius 3 is 2.96 bits per heavy atom. The van der Waals surface area contributed by atoms with Crippen LogP contribution in [0.2, 0.25) is 0 Å². The van der Waals surface area contributed by atoms with Gasteiger partial charge in [0.05, 0.1) is 6.10 Å². The fourth-order valence-corrected chi connectivity index (χ4v) is 3.52. The Morgan fingerprint density at radius 2 is 2.28 bits per heavy atom. The monoisotopic (exact) mass is 346 g/mol. The molecule has 0 spiro atoms. The highest BCUT2D eigenvalue weighted by molar-refractivity contribution is 5.69. The van der Waals surface area contributed by atoms with E-state index in [1.165, 1.54) is 12.5 Å². The summed E-state index contributed by atoms with van der Waals surface area (Å²) in [6.07, 6.45) is 7.65. The van der Waals surface area contributed by atoms with E-state index in [-0.39, 0.29) is 17.7 Å². The summed E-state index contributed by atoms with van der Waals surface area (Å²) in [5.41, 5.74) is 0.939. The number of ether oxygens (including phenoxy) is 1. The van der Waals surface area contributed by atoms with Gasteiger partial charge in [0.1, 0.15) is 11.4 Å². The molecule has 4 heteroatoms. The molecule has 0 aromatic heterocycles. The molecule has 0 radical (unpaired) electrons. The third-order valence-electron chi connectivity index (χ3n) is 4.93. The maximum Gasteiger partial charge on any atom is 0.308 e. The average Bonchev–Trinajstić information content (AvgIpc) is 2.60. The zero-order chi connectivity index (χ0) is 18.3. The van der Waals surface area contributed by atoms with Gasteiger partial charge in [-0.1, -0.05) is 25.1 Å². The third-order valence-corrected chi connectivity index (χ3v) is 4.93. The number of rotatable bonds is 8. The number of esters is 1. The van der Waals surface area contributed by atoms with Crippen molar-refractivity contribution >= 4 is 5.97 Å². The molecule has 1 fully saturated rings. The van der Waals surface area contributed by atoms with Crippen LogP contribution in [-0.2, 0) is 14.6 Å². The van der Waals surface area contributed by atoms with Crippen molar-refractivity contribution in [2.24, 2.45) is 0 Å². The average molecular weight is 346 g/mol. The molecule has 2 rings (SSSR count). The molecule has 0 bridgehead atoms. The van der Waals surface area contributed by atoms with Crippen molar-refractivity contribution in [2.45, 2.75) is 76.9 Å². The number of hydrogen-bond donors (Lipinski definition) is 0. The molecule has 0 N–H and O–H groups in total.